The Morgan fingerprint density at radius 2 is 1.70 bits per heavy atom. The largest absolute Gasteiger partial charge is 0.491 e. The van der Waals surface area contributed by atoms with Gasteiger partial charge in [-0.3, -0.25) is 19.4 Å². The van der Waals surface area contributed by atoms with Crippen LogP contribution >= 0.6 is 22.9 Å². The van der Waals surface area contributed by atoms with Crippen LogP contribution < -0.4 is 25.4 Å². The van der Waals surface area contributed by atoms with Crippen LogP contribution in [-0.2, 0) is 23.9 Å². The molecule has 16 nitrogen and oxygen atoms in total. The van der Waals surface area contributed by atoms with Crippen molar-refractivity contribution in [2.75, 3.05) is 64.8 Å². The van der Waals surface area contributed by atoms with Gasteiger partial charge in [-0.1, -0.05) is 38.4 Å². The first-order chi connectivity index (χ1) is 32.6. The van der Waals surface area contributed by atoms with Gasteiger partial charge in [-0.25, -0.2) is 19.6 Å². The number of fused-ring (bicyclic) bond motifs is 2. The van der Waals surface area contributed by atoms with Crippen LogP contribution in [0.25, 0.3) is 22.3 Å². The molecule has 3 N–H and O–H groups in total. The average Bonchev–Trinajstić information content (AvgIpc) is 3.95. The van der Waals surface area contributed by atoms with Crippen LogP contribution in [0.4, 0.5) is 23.1 Å². The molecule has 0 radical (unpaired) electrons. The quantitative estimate of drug-likeness (QED) is 0.0941. The first-order valence-corrected chi connectivity index (χ1v) is 24.9. The third kappa shape index (κ3) is 11.7. The molecular formula is C48H62ClF3N8O8S. The number of ether oxygens (including phenoxy) is 4. The molecule has 1 unspecified atom stereocenters. The number of nitrogens with zero attached hydrogens (tertiary/aromatic N) is 5. The predicted octanol–water partition coefficient (Wildman–Crippen LogP) is 6.91. The summed E-state index contributed by atoms with van der Waals surface area (Å²) in [5.41, 5.74) is -0.851. The number of anilines is 1. The SMILES string of the molecule is C=C[C@@H]1CC1(NC(=O)[C@@H]1C[C@@H](Oc2cc(-c3csc(NC(C)C)n3)nc3c(Cl)c(OCCN4CCN(CC(F)(F)F)CC4)ccc23)CN1C(=O)[C@@H](NC(=O)O[C@@H]1C[C@@H]2C[C@@H]2C1)C(C)(C)C)C(=O)OC. The topological polar surface area (TPSA) is 177 Å². The molecule has 2 saturated heterocycles. The van der Waals surface area contributed by atoms with Crippen molar-refractivity contribution in [3.63, 3.8) is 0 Å². The number of alkyl carbamates (subject to hydrolysis) is 1. The summed E-state index contributed by atoms with van der Waals surface area (Å²) in [5.74, 6) is -0.285. The Bertz CT molecular complexity index is 2420. The van der Waals surface area contributed by atoms with E-state index in [1.165, 1.54) is 28.2 Å². The highest BCUT2D eigenvalue weighted by molar-refractivity contribution is 7.14. The molecule has 21 heteroatoms. The number of alkyl halides is 3. The standard InChI is InChI=1S/C48H62ClF3N8O8S/c1-8-29-22-47(29,43(63)65-7)57-41(61)35-20-31(23-60(35)42(62)40(46(4,5)6)56-45(64)68-30-18-27-17-28(27)19-30)67-37-21-33(34-24-69-44(55-34)53-26(2)3)54-39-32(37)9-10-36(38(39)49)66-16-15-58-11-13-59(14-12-58)25-48(50,51)52/h8-10,21,24,26-31,35,40H,1,11-20,22-23,25H2,2-7H3,(H,53,55)(H,56,64)(H,57,61)/t27-,28+,29-,30+,31-,35+,40-,47?/m1/s1. The highest BCUT2D eigenvalue weighted by Gasteiger charge is 2.62. The maximum absolute atomic E-state index is 14.9. The van der Waals surface area contributed by atoms with E-state index in [1.54, 1.807) is 24.3 Å². The summed E-state index contributed by atoms with van der Waals surface area (Å²) in [6.07, 6.45) is -1.33. The molecule has 3 amide bonds. The number of thiazole rings is 1. The van der Waals surface area contributed by atoms with E-state index in [2.05, 4.69) is 22.5 Å². The number of amides is 3. The summed E-state index contributed by atoms with van der Waals surface area (Å²) in [6, 6.07) is 3.07. The molecule has 3 aliphatic carbocycles. The second-order valence-corrected chi connectivity index (χ2v) is 21.6. The Morgan fingerprint density at radius 3 is 2.33 bits per heavy atom. The Kier molecular flexibility index (Phi) is 14.7. The van der Waals surface area contributed by atoms with Gasteiger partial charge in [-0.2, -0.15) is 13.2 Å². The molecule has 2 aliphatic heterocycles. The average molecular weight is 1000 g/mol. The minimum absolute atomic E-state index is 0.0114. The van der Waals surface area contributed by atoms with Gasteiger partial charge in [0.15, 0.2) is 5.13 Å². The van der Waals surface area contributed by atoms with Gasteiger partial charge >= 0.3 is 18.2 Å². The third-order valence-corrected chi connectivity index (χ3v) is 14.9. The summed E-state index contributed by atoms with van der Waals surface area (Å²) in [4.78, 5) is 70.5. The molecule has 0 bridgehead atoms. The first kappa shape index (κ1) is 50.5. The lowest BCUT2D eigenvalue weighted by Gasteiger charge is -2.35. The molecule has 1 aromatic carbocycles. The zero-order valence-electron chi connectivity index (χ0n) is 39.8. The molecule has 0 spiro atoms. The minimum Gasteiger partial charge on any atom is -0.491 e. The van der Waals surface area contributed by atoms with Crippen molar-refractivity contribution in [1.29, 1.82) is 0 Å². The molecule has 5 aliphatic rings. The van der Waals surface area contributed by atoms with E-state index in [0.717, 1.165) is 19.3 Å². The van der Waals surface area contributed by atoms with Gasteiger partial charge in [0.05, 0.1) is 31.4 Å². The zero-order chi connectivity index (χ0) is 49.6. The van der Waals surface area contributed by atoms with Crippen LogP contribution in [0, 0.1) is 23.2 Å². The van der Waals surface area contributed by atoms with Crippen molar-refractivity contribution in [2.45, 2.75) is 109 Å². The molecule has 8 rings (SSSR count). The van der Waals surface area contributed by atoms with Crippen molar-refractivity contribution in [1.82, 2.24) is 35.3 Å². The lowest BCUT2D eigenvalue weighted by Crippen LogP contribution is -2.59. The molecule has 2 aromatic heterocycles. The fourth-order valence-electron chi connectivity index (χ4n) is 9.88. The number of esters is 1. The van der Waals surface area contributed by atoms with Crippen LogP contribution in [0.3, 0.4) is 0 Å². The first-order valence-electron chi connectivity index (χ1n) is 23.6. The maximum Gasteiger partial charge on any atom is 0.408 e. The summed E-state index contributed by atoms with van der Waals surface area (Å²) in [6.45, 7) is 14.5. The number of piperazine rings is 1. The van der Waals surface area contributed by atoms with E-state index < -0.39 is 65.7 Å². The number of benzene rings is 1. The predicted molar refractivity (Wildman–Crippen MR) is 254 cm³/mol. The summed E-state index contributed by atoms with van der Waals surface area (Å²) < 4.78 is 62.8. The van der Waals surface area contributed by atoms with Gasteiger partial charge in [0.2, 0.25) is 11.8 Å². The number of hydrogen-bond donors (Lipinski definition) is 3. The van der Waals surface area contributed by atoms with E-state index >= 15 is 0 Å². The van der Waals surface area contributed by atoms with Crippen LogP contribution in [0.1, 0.15) is 66.7 Å². The number of likely N-dealkylation sites (tertiary alicyclic amines) is 1. The molecule has 69 heavy (non-hydrogen) atoms. The van der Waals surface area contributed by atoms with E-state index in [-0.39, 0.29) is 49.1 Å². The van der Waals surface area contributed by atoms with Crippen LogP contribution in [0.5, 0.6) is 11.5 Å². The third-order valence-electron chi connectivity index (χ3n) is 13.7. The van der Waals surface area contributed by atoms with E-state index in [0.29, 0.717) is 83.5 Å². The van der Waals surface area contributed by atoms with Crippen LogP contribution in [-0.4, -0.2) is 150 Å². The van der Waals surface area contributed by atoms with Crippen LogP contribution in [0.15, 0.2) is 36.2 Å². The Hall–Kier alpha value is -4.92. The summed E-state index contributed by atoms with van der Waals surface area (Å²) >= 11 is 8.51. The maximum atomic E-state index is 14.9. The molecule has 8 atom stereocenters. The molecule has 3 saturated carbocycles. The van der Waals surface area contributed by atoms with Crippen molar-refractivity contribution in [2.24, 2.45) is 23.2 Å². The Labute approximate surface area is 408 Å². The molecule has 3 aromatic rings. The Morgan fingerprint density at radius 1 is 0.986 bits per heavy atom. The second-order valence-electron chi connectivity index (χ2n) is 20.4. The number of carbonyl (C=O) groups excluding carboxylic acids is 4. The van der Waals surface area contributed by atoms with Crippen molar-refractivity contribution >= 4 is 62.8 Å². The number of aromatic nitrogens is 2. The number of halogens is 4. The monoisotopic (exact) mass is 1000 g/mol. The van der Waals surface area contributed by atoms with E-state index in [4.69, 9.17) is 40.5 Å². The number of hydrogen-bond acceptors (Lipinski definition) is 14. The van der Waals surface area contributed by atoms with Gasteiger partial charge in [0, 0.05) is 67.9 Å². The van der Waals surface area contributed by atoms with Crippen molar-refractivity contribution in [3.8, 4) is 22.9 Å². The fourth-order valence-corrected chi connectivity index (χ4v) is 11.0. The number of carbonyl (C=O) groups is 4. The molecule has 376 valence electrons. The number of rotatable bonds is 17. The molecule has 5 fully saturated rings. The van der Waals surface area contributed by atoms with Gasteiger partial charge in [-0.05, 0) is 68.9 Å². The van der Waals surface area contributed by atoms with Crippen molar-refractivity contribution < 1.29 is 51.3 Å². The zero-order valence-corrected chi connectivity index (χ0v) is 41.4. The Balaban J connectivity index is 1.06. The molecule has 4 heterocycles. The van der Waals surface area contributed by atoms with Crippen LogP contribution in [0.2, 0.25) is 5.02 Å². The number of nitrogens with one attached hydrogen (secondary N) is 3. The highest BCUT2D eigenvalue weighted by Crippen LogP contribution is 2.52. The lowest BCUT2D eigenvalue weighted by atomic mass is 9.85. The van der Waals surface area contributed by atoms with Gasteiger partial charge in [-0.15, -0.1) is 17.9 Å². The lowest BCUT2D eigenvalue weighted by molar-refractivity contribution is -0.149. The smallest absolute Gasteiger partial charge is 0.408 e. The second kappa shape index (κ2) is 20.1. The summed E-state index contributed by atoms with van der Waals surface area (Å²) in [5, 5.41) is 12.3. The van der Waals surface area contributed by atoms with E-state index in [1.807, 2.05) is 44.9 Å². The number of pyridine rings is 1. The normalized spacial score (nSPS) is 26.3. The van der Waals surface area contributed by atoms with Crippen molar-refractivity contribution in [3.05, 3.63) is 41.3 Å². The number of methoxy groups -OCH3 is 1. The fraction of sp³-hybridized carbons (Fsp3) is 0.625. The molecular weight excluding hydrogens is 941 g/mol. The summed E-state index contributed by atoms with van der Waals surface area (Å²) in [7, 11) is 1.25. The van der Waals surface area contributed by atoms with Gasteiger partial charge < -0.3 is 39.8 Å². The van der Waals surface area contributed by atoms with Gasteiger partial charge in [0.1, 0.15) is 58.7 Å². The highest BCUT2D eigenvalue weighted by atomic mass is 35.5. The van der Waals surface area contributed by atoms with E-state index in [9.17, 15) is 32.3 Å². The minimum atomic E-state index is -4.25. The van der Waals surface area contributed by atoms with Gasteiger partial charge in [0.25, 0.3) is 0 Å².